The Bertz CT molecular complexity index is 631. The first kappa shape index (κ1) is 14.0. The van der Waals surface area contributed by atoms with E-state index >= 15 is 0 Å². The first-order valence-electron chi connectivity index (χ1n) is 6.49. The number of benzene rings is 2. The Labute approximate surface area is 119 Å². The summed E-state index contributed by atoms with van der Waals surface area (Å²) < 4.78 is 0. The van der Waals surface area contributed by atoms with Crippen LogP contribution in [-0.2, 0) is 0 Å². The average molecular weight is 266 g/mol. The lowest BCUT2D eigenvalue weighted by atomic mass is 10.00. The first-order valence-corrected chi connectivity index (χ1v) is 6.49. The molecule has 0 amide bonds. The summed E-state index contributed by atoms with van der Waals surface area (Å²) in [6.07, 6.45) is 1.70. The third-order valence-corrected chi connectivity index (χ3v) is 2.86. The summed E-state index contributed by atoms with van der Waals surface area (Å²) in [6.45, 7) is 1.97. The Balaban J connectivity index is 2.44. The summed E-state index contributed by atoms with van der Waals surface area (Å²) >= 11 is 0. The minimum absolute atomic E-state index is 0.000191. The predicted molar refractivity (Wildman–Crippen MR) is 82.9 cm³/mol. The van der Waals surface area contributed by atoms with E-state index in [-0.39, 0.29) is 5.78 Å². The number of hydrogen-bond acceptors (Lipinski definition) is 2. The van der Waals surface area contributed by atoms with E-state index in [0.29, 0.717) is 16.8 Å². The van der Waals surface area contributed by atoms with E-state index < -0.39 is 0 Å². The van der Waals surface area contributed by atoms with Crippen LogP contribution in [-0.4, -0.2) is 31.1 Å². The Morgan fingerprint density at radius 2 is 1.80 bits per heavy atom. The fourth-order valence-electron chi connectivity index (χ4n) is 1.87. The van der Waals surface area contributed by atoms with Crippen LogP contribution in [0.25, 0.3) is 0 Å². The van der Waals surface area contributed by atoms with E-state index in [1.54, 1.807) is 6.34 Å². The van der Waals surface area contributed by atoms with Gasteiger partial charge in [-0.15, -0.1) is 0 Å². The van der Waals surface area contributed by atoms with Crippen LogP contribution in [0.2, 0.25) is 0 Å². The largest absolute Gasteiger partial charge is 0.369 e. The molecule has 0 saturated heterocycles. The van der Waals surface area contributed by atoms with Gasteiger partial charge in [0.05, 0.1) is 12.0 Å². The smallest absolute Gasteiger partial charge is 0.195 e. The van der Waals surface area contributed by atoms with Gasteiger partial charge in [0, 0.05) is 25.2 Å². The Morgan fingerprint density at radius 1 is 1.10 bits per heavy atom. The van der Waals surface area contributed by atoms with Crippen LogP contribution in [0.1, 0.15) is 21.5 Å². The third kappa shape index (κ3) is 3.32. The van der Waals surface area contributed by atoms with E-state index in [4.69, 9.17) is 0 Å². The van der Waals surface area contributed by atoms with Gasteiger partial charge < -0.3 is 4.90 Å². The van der Waals surface area contributed by atoms with Crippen LogP contribution >= 0.6 is 0 Å². The fraction of sp³-hybridized carbons (Fsp3) is 0.176. The lowest BCUT2D eigenvalue weighted by molar-refractivity contribution is 0.103. The quantitative estimate of drug-likeness (QED) is 0.482. The summed E-state index contributed by atoms with van der Waals surface area (Å²) in [5, 5.41) is 0. The summed E-state index contributed by atoms with van der Waals surface area (Å²) in [5.41, 5.74) is 3.06. The van der Waals surface area contributed by atoms with Gasteiger partial charge in [0.2, 0.25) is 0 Å². The molecule has 20 heavy (non-hydrogen) atoms. The molecular formula is C17H18N2O. The molecule has 0 aliphatic carbocycles. The van der Waals surface area contributed by atoms with Crippen molar-refractivity contribution in [3.8, 4) is 0 Å². The third-order valence-electron chi connectivity index (χ3n) is 2.86. The van der Waals surface area contributed by atoms with Crippen LogP contribution in [0.5, 0.6) is 0 Å². The van der Waals surface area contributed by atoms with Gasteiger partial charge in [0.15, 0.2) is 5.78 Å². The summed E-state index contributed by atoms with van der Waals surface area (Å²) in [7, 11) is 3.80. The second-order valence-electron chi connectivity index (χ2n) is 4.92. The maximum Gasteiger partial charge on any atom is 0.195 e. The molecule has 0 aromatic heterocycles. The average Bonchev–Trinajstić information content (AvgIpc) is 2.46. The van der Waals surface area contributed by atoms with Crippen molar-refractivity contribution in [1.29, 1.82) is 0 Å². The zero-order valence-electron chi connectivity index (χ0n) is 12.0. The zero-order valence-corrected chi connectivity index (χ0v) is 12.0. The number of rotatable bonds is 4. The molecule has 0 N–H and O–H groups in total. The number of ketones is 1. The molecule has 102 valence electrons. The topological polar surface area (TPSA) is 32.7 Å². The van der Waals surface area contributed by atoms with Crippen molar-refractivity contribution in [2.75, 3.05) is 14.1 Å². The van der Waals surface area contributed by atoms with Crippen molar-refractivity contribution < 1.29 is 4.79 Å². The highest BCUT2D eigenvalue weighted by molar-refractivity contribution is 6.12. The van der Waals surface area contributed by atoms with Gasteiger partial charge in [-0.3, -0.25) is 4.79 Å². The summed E-state index contributed by atoms with van der Waals surface area (Å²) in [4.78, 5) is 18.8. The fourth-order valence-corrected chi connectivity index (χ4v) is 1.87. The number of carbonyl (C=O) groups is 1. The lowest BCUT2D eigenvalue weighted by Gasteiger charge is -2.08. The van der Waals surface area contributed by atoms with Gasteiger partial charge in [0.25, 0.3) is 0 Å². The van der Waals surface area contributed by atoms with Crippen LogP contribution in [0, 0.1) is 6.92 Å². The number of nitrogens with zero attached hydrogens (tertiary/aromatic N) is 2. The molecule has 0 aliphatic heterocycles. The maximum atomic E-state index is 12.6. The normalized spacial score (nSPS) is 10.8. The van der Waals surface area contributed by atoms with Gasteiger partial charge in [-0.2, -0.15) is 0 Å². The van der Waals surface area contributed by atoms with Gasteiger partial charge in [-0.05, 0) is 19.1 Å². The van der Waals surface area contributed by atoms with Crippen molar-refractivity contribution in [3.05, 3.63) is 65.2 Å². The van der Waals surface area contributed by atoms with E-state index in [1.807, 2.05) is 74.4 Å². The molecule has 0 fully saturated rings. The molecule has 2 aromatic rings. The predicted octanol–water partition coefficient (Wildman–Crippen LogP) is 3.45. The van der Waals surface area contributed by atoms with Gasteiger partial charge in [-0.25, -0.2) is 4.99 Å². The van der Waals surface area contributed by atoms with Gasteiger partial charge in [-0.1, -0.05) is 42.0 Å². The second-order valence-corrected chi connectivity index (χ2v) is 4.92. The van der Waals surface area contributed by atoms with E-state index in [2.05, 4.69) is 4.99 Å². The number of hydrogen-bond donors (Lipinski definition) is 0. The lowest BCUT2D eigenvalue weighted by Crippen LogP contribution is -2.08. The molecular weight excluding hydrogens is 248 g/mol. The maximum absolute atomic E-state index is 12.6. The number of aliphatic imine (C=N–C) groups is 1. The molecule has 0 aliphatic rings. The number of carbonyl (C=O) groups excluding carboxylic acids is 1. The van der Waals surface area contributed by atoms with Crippen LogP contribution in [0.15, 0.2) is 53.5 Å². The Hall–Kier alpha value is -2.42. The van der Waals surface area contributed by atoms with Crippen molar-refractivity contribution in [2.45, 2.75) is 6.92 Å². The van der Waals surface area contributed by atoms with Crippen molar-refractivity contribution in [1.82, 2.24) is 4.90 Å². The standard InChI is InChI=1S/C17H18N2O/c1-13-9-10-16(18-12-19(2)3)15(11-13)17(20)14-7-5-4-6-8-14/h4-12H,1-3H3. The molecule has 3 nitrogen and oxygen atoms in total. The van der Waals surface area contributed by atoms with Gasteiger partial charge >= 0.3 is 0 Å². The summed E-state index contributed by atoms with van der Waals surface area (Å²) in [5.74, 6) is 0.000191. The van der Waals surface area contributed by atoms with Crippen LogP contribution in [0.4, 0.5) is 5.69 Å². The zero-order chi connectivity index (χ0) is 14.5. The molecule has 0 bridgehead atoms. The highest BCUT2D eigenvalue weighted by Crippen LogP contribution is 2.23. The SMILES string of the molecule is Cc1ccc(N=CN(C)C)c(C(=O)c2ccccc2)c1. The minimum atomic E-state index is 0.000191. The van der Waals surface area contributed by atoms with E-state index in [0.717, 1.165) is 5.56 Å². The molecule has 3 heteroatoms. The monoisotopic (exact) mass is 266 g/mol. The molecule has 0 radical (unpaired) electrons. The number of aryl methyl sites for hydroxylation is 1. The minimum Gasteiger partial charge on any atom is -0.369 e. The second kappa shape index (κ2) is 6.15. The summed E-state index contributed by atoms with van der Waals surface area (Å²) in [6, 6.07) is 15.0. The van der Waals surface area contributed by atoms with Crippen LogP contribution in [0.3, 0.4) is 0 Å². The molecule has 0 atom stereocenters. The van der Waals surface area contributed by atoms with Crippen molar-refractivity contribution >= 4 is 17.8 Å². The molecule has 2 aromatic carbocycles. The highest BCUT2D eigenvalue weighted by atomic mass is 16.1. The van der Waals surface area contributed by atoms with E-state index in [9.17, 15) is 4.79 Å². The van der Waals surface area contributed by atoms with Crippen molar-refractivity contribution in [2.24, 2.45) is 4.99 Å². The van der Waals surface area contributed by atoms with Crippen LogP contribution < -0.4 is 0 Å². The molecule has 0 spiro atoms. The molecule has 0 saturated carbocycles. The Kier molecular flexibility index (Phi) is 4.31. The molecule has 2 rings (SSSR count). The molecule has 0 unspecified atom stereocenters. The molecule has 0 heterocycles. The Morgan fingerprint density at radius 3 is 2.45 bits per heavy atom. The van der Waals surface area contributed by atoms with Gasteiger partial charge in [0.1, 0.15) is 0 Å². The highest BCUT2D eigenvalue weighted by Gasteiger charge is 2.13. The van der Waals surface area contributed by atoms with Crippen molar-refractivity contribution in [3.63, 3.8) is 0 Å². The first-order chi connectivity index (χ1) is 9.58. The van der Waals surface area contributed by atoms with E-state index in [1.165, 1.54) is 0 Å².